The lowest BCUT2D eigenvalue weighted by atomic mass is 10.1. The molecule has 1 unspecified atom stereocenters. The van der Waals surface area contributed by atoms with Gasteiger partial charge in [-0.2, -0.15) is 5.26 Å². The molecule has 3 aromatic rings. The van der Waals surface area contributed by atoms with Gasteiger partial charge < -0.3 is 10.3 Å². The van der Waals surface area contributed by atoms with Crippen molar-refractivity contribution >= 4 is 22.5 Å². The second-order valence-electron chi connectivity index (χ2n) is 6.92. The molecule has 0 radical (unpaired) electrons. The third-order valence-corrected chi connectivity index (χ3v) is 5.29. The summed E-state index contributed by atoms with van der Waals surface area (Å²) in [6, 6.07) is 10.4. The summed E-state index contributed by atoms with van der Waals surface area (Å²) in [6.45, 7) is 2.76. The third-order valence-electron chi connectivity index (χ3n) is 5.06. The van der Waals surface area contributed by atoms with Gasteiger partial charge in [0.15, 0.2) is 0 Å². The predicted octanol–water partition coefficient (Wildman–Crippen LogP) is 3.30. The molecule has 4 rings (SSSR count). The molecule has 1 aliphatic heterocycles. The molecule has 0 amide bonds. The molecule has 0 aliphatic carbocycles. The first-order valence-electron chi connectivity index (χ1n) is 8.67. The van der Waals surface area contributed by atoms with E-state index < -0.39 is 0 Å². The molecule has 0 saturated carbocycles. The Hall–Kier alpha value is -2.39. The number of aryl methyl sites for hydroxylation is 1. The van der Waals surface area contributed by atoms with Crippen LogP contribution in [0, 0.1) is 11.3 Å². The molecule has 1 saturated heterocycles. The molecular formula is C20H20ClN5. The fraction of sp³-hybridized carbons (Fsp3) is 0.300. The molecular weight excluding hydrogens is 346 g/mol. The van der Waals surface area contributed by atoms with E-state index in [2.05, 4.69) is 22.0 Å². The predicted molar refractivity (Wildman–Crippen MR) is 104 cm³/mol. The Morgan fingerprint density at radius 1 is 1.35 bits per heavy atom. The van der Waals surface area contributed by atoms with Gasteiger partial charge in [-0.3, -0.25) is 9.88 Å². The summed E-state index contributed by atoms with van der Waals surface area (Å²) in [7, 11) is 1.96. The number of nitriles is 1. The second-order valence-corrected chi connectivity index (χ2v) is 7.36. The van der Waals surface area contributed by atoms with Crippen molar-refractivity contribution in [3.05, 3.63) is 52.8 Å². The van der Waals surface area contributed by atoms with Crippen LogP contribution in [0.3, 0.4) is 0 Å². The van der Waals surface area contributed by atoms with E-state index in [1.807, 2.05) is 42.2 Å². The van der Waals surface area contributed by atoms with Gasteiger partial charge in [-0.25, -0.2) is 0 Å². The fourth-order valence-corrected chi connectivity index (χ4v) is 3.99. The average Bonchev–Trinajstić information content (AvgIpc) is 3.16. The maximum atomic E-state index is 9.75. The Morgan fingerprint density at radius 3 is 2.92 bits per heavy atom. The largest absolute Gasteiger partial charge is 0.342 e. The molecule has 1 aromatic carbocycles. The monoisotopic (exact) mass is 365 g/mol. The van der Waals surface area contributed by atoms with Crippen LogP contribution >= 0.6 is 11.6 Å². The summed E-state index contributed by atoms with van der Waals surface area (Å²) < 4.78 is 2.02. The Morgan fingerprint density at radius 2 is 2.19 bits per heavy atom. The maximum absolute atomic E-state index is 9.75. The van der Waals surface area contributed by atoms with Gasteiger partial charge in [0, 0.05) is 61.1 Å². The molecule has 6 heteroatoms. The van der Waals surface area contributed by atoms with Gasteiger partial charge in [0.05, 0.1) is 16.8 Å². The van der Waals surface area contributed by atoms with E-state index in [1.54, 1.807) is 0 Å². The standard InChI is InChI=1S/C20H20ClN5/c1-25-19-7-15(21)2-3-17(19)18(8-22)20(25)14-6-13(9-24-10-14)11-26-5-4-16(23)12-26/h2-3,6-7,9-10,16H,4-5,11-12,23H2,1H3. The molecule has 132 valence electrons. The lowest BCUT2D eigenvalue weighted by molar-refractivity contribution is 0.326. The fourth-order valence-electron chi connectivity index (χ4n) is 3.83. The SMILES string of the molecule is Cn1c(-c2cncc(CN3CCC(N)C3)c2)c(C#N)c2ccc(Cl)cc21. The van der Waals surface area contributed by atoms with Crippen molar-refractivity contribution in [3.63, 3.8) is 0 Å². The topological polar surface area (TPSA) is 70.9 Å². The van der Waals surface area contributed by atoms with Crippen molar-refractivity contribution in [3.8, 4) is 17.3 Å². The molecule has 0 spiro atoms. The summed E-state index contributed by atoms with van der Waals surface area (Å²) in [4.78, 5) is 6.76. The molecule has 2 N–H and O–H groups in total. The Bertz CT molecular complexity index is 1020. The van der Waals surface area contributed by atoms with Crippen molar-refractivity contribution in [2.75, 3.05) is 13.1 Å². The number of halogens is 1. The van der Waals surface area contributed by atoms with E-state index >= 15 is 0 Å². The van der Waals surface area contributed by atoms with E-state index in [9.17, 15) is 5.26 Å². The molecule has 26 heavy (non-hydrogen) atoms. The number of hydrogen-bond acceptors (Lipinski definition) is 4. The number of nitrogens with two attached hydrogens (primary N) is 1. The highest BCUT2D eigenvalue weighted by molar-refractivity contribution is 6.31. The van der Waals surface area contributed by atoms with E-state index in [0.717, 1.165) is 53.8 Å². The van der Waals surface area contributed by atoms with Crippen LogP contribution in [0.25, 0.3) is 22.2 Å². The van der Waals surface area contributed by atoms with E-state index in [4.69, 9.17) is 17.3 Å². The van der Waals surface area contributed by atoms with Gasteiger partial charge in [0.1, 0.15) is 6.07 Å². The van der Waals surface area contributed by atoms with Crippen LogP contribution in [-0.4, -0.2) is 33.6 Å². The summed E-state index contributed by atoms with van der Waals surface area (Å²) in [5.41, 5.74) is 10.5. The van der Waals surface area contributed by atoms with Crippen molar-refractivity contribution in [1.29, 1.82) is 5.26 Å². The number of rotatable bonds is 3. The lowest BCUT2D eigenvalue weighted by Gasteiger charge is -2.15. The van der Waals surface area contributed by atoms with Crippen LogP contribution < -0.4 is 5.73 Å². The third kappa shape index (κ3) is 2.97. The zero-order chi connectivity index (χ0) is 18.3. The second kappa shape index (κ2) is 6.73. The quantitative estimate of drug-likeness (QED) is 0.773. The Labute approximate surface area is 157 Å². The molecule has 5 nitrogen and oxygen atoms in total. The Kier molecular flexibility index (Phi) is 4.41. The molecule has 1 fully saturated rings. The summed E-state index contributed by atoms with van der Waals surface area (Å²) in [5, 5.41) is 11.3. The minimum absolute atomic E-state index is 0.263. The van der Waals surface area contributed by atoms with Crippen LogP contribution in [0.15, 0.2) is 36.7 Å². The molecule has 1 atom stereocenters. The molecule has 0 bridgehead atoms. The highest BCUT2D eigenvalue weighted by Crippen LogP contribution is 2.34. The van der Waals surface area contributed by atoms with Crippen molar-refractivity contribution in [2.45, 2.75) is 19.0 Å². The molecule has 2 aromatic heterocycles. The first-order chi connectivity index (χ1) is 12.6. The van der Waals surface area contributed by atoms with Crippen LogP contribution in [0.1, 0.15) is 17.5 Å². The number of fused-ring (bicyclic) bond motifs is 1. The summed E-state index contributed by atoms with van der Waals surface area (Å²) in [6.07, 6.45) is 4.74. The van der Waals surface area contributed by atoms with Gasteiger partial charge >= 0.3 is 0 Å². The van der Waals surface area contributed by atoms with E-state index in [0.29, 0.717) is 10.6 Å². The van der Waals surface area contributed by atoms with Gasteiger partial charge in [0.25, 0.3) is 0 Å². The minimum atomic E-state index is 0.263. The number of pyridine rings is 1. The van der Waals surface area contributed by atoms with E-state index in [-0.39, 0.29) is 6.04 Å². The van der Waals surface area contributed by atoms with Gasteiger partial charge in [-0.05, 0) is 36.2 Å². The number of likely N-dealkylation sites (tertiary alicyclic amines) is 1. The number of benzene rings is 1. The van der Waals surface area contributed by atoms with Crippen LogP contribution in [0.5, 0.6) is 0 Å². The zero-order valence-corrected chi connectivity index (χ0v) is 15.4. The van der Waals surface area contributed by atoms with Gasteiger partial charge in [-0.15, -0.1) is 0 Å². The van der Waals surface area contributed by atoms with Crippen LogP contribution in [0.2, 0.25) is 5.02 Å². The normalized spacial score (nSPS) is 17.7. The smallest absolute Gasteiger partial charge is 0.102 e. The van der Waals surface area contributed by atoms with Crippen LogP contribution in [-0.2, 0) is 13.6 Å². The van der Waals surface area contributed by atoms with Crippen molar-refractivity contribution in [1.82, 2.24) is 14.5 Å². The first-order valence-corrected chi connectivity index (χ1v) is 9.05. The van der Waals surface area contributed by atoms with Crippen molar-refractivity contribution in [2.24, 2.45) is 12.8 Å². The minimum Gasteiger partial charge on any atom is -0.342 e. The number of nitrogens with zero attached hydrogens (tertiary/aromatic N) is 4. The first kappa shape index (κ1) is 17.0. The van der Waals surface area contributed by atoms with E-state index in [1.165, 1.54) is 0 Å². The van der Waals surface area contributed by atoms with Gasteiger partial charge in [0.2, 0.25) is 0 Å². The van der Waals surface area contributed by atoms with Gasteiger partial charge in [-0.1, -0.05) is 11.6 Å². The average molecular weight is 366 g/mol. The highest BCUT2D eigenvalue weighted by Gasteiger charge is 2.20. The van der Waals surface area contributed by atoms with Crippen LogP contribution in [0.4, 0.5) is 0 Å². The maximum Gasteiger partial charge on any atom is 0.102 e. The summed E-state index contributed by atoms with van der Waals surface area (Å²) in [5.74, 6) is 0. The highest BCUT2D eigenvalue weighted by atomic mass is 35.5. The number of hydrogen-bond donors (Lipinski definition) is 1. The zero-order valence-electron chi connectivity index (χ0n) is 14.6. The molecule has 1 aliphatic rings. The lowest BCUT2D eigenvalue weighted by Crippen LogP contribution is -2.26. The molecule has 3 heterocycles. The number of aromatic nitrogens is 2. The summed E-state index contributed by atoms with van der Waals surface area (Å²) >= 11 is 6.15. The Balaban J connectivity index is 1.77. The van der Waals surface area contributed by atoms with Crippen molar-refractivity contribution < 1.29 is 0 Å².